The van der Waals surface area contributed by atoms with E-state index >= 15 is 0 Å². The molecular formula is C27H32FN5O2. The molecule has 2 aromatic carbocycles. The molecule has 1 fully saturated rings. The number of carbonyl (C=O) groups excluding carboxylic acids is 1. The standard InChI is InChI=1S/C27H32FN5O2/c1-4-32-12-14-33(15-13-32)22-10-8-20(9-11-22)25-30-18-23(27(34)35-5-2)26(31-25)29-17-21-7-6-19(3)16-24(21)28/h6-11,16,18H,4-5,12-15,17H2,1-3H3,(H,29,30,31). The van der Waals surface area contributed by atoms with Gasteiger partial charge in [0.05, 0.1) is 6.61 Å². The second-order valence-corrected chi connectivity index (χ2v) is 8.59. The Balaban J connectivity index is 1.55. The highest BCUT2D eigenvalue weighted by Crippen LogP contribution is 2.25. The maximum absolute atomic E-state index is 14.3. The van der Waals surface area contributed by atoms with Crippen LogP contribution in [0.1, 0.15) is 35.3 Å². The first kappa shape index (κ1) is 24.6. The van der Waals surface area contributed by atoms with E-state index in [0.717, 1.165) is 43.9 Å². The molecule has 3 aromatic rings. The zero-order chi connectivity index (χ0) is 24.8. The van der Waals surface area contributed by atoms with Crippen molar-refractivity contribution < 1.29 is 13.9 Å². The van der Waals surface area contributed by atoms with Gasteiger partial charge in [0.25, 0.3) is 0 Å². The Hall–Kier alpha value is -3.52. The summed E-state index contributed by atoms with van der Waals surface area (Å²) >= 11 is 0. The molecular weight excluding hydrogens is 445 g/mol. The third-order valence-corrected chi connectivity index (χ3v) is 6.25. The van der Waals surface area contributed by atoms with Crippen LogP contribution in [0.3, 0.4) is 0 Å². The van der Waals surface area contributed by atoms with Gasteiger partial charge in [-0.15, -0.1) is 0 Å². The minimum absolute atomic E-state index is 0.178. The summed E-state index contributed by atoms with van der Waals surface area (Å²) in [5, 5.41) is 3.11. The van der Waals surface area contributed by atoms with Crippen LogP contribution in [0.2, 0.25) is 0 Å². The summed E-state index contributed by atoms with van der Waals surface area (Å²) in [6.45, 7) is 11.4. The van der Waals surface area contributed by atoms with Gasteiger partial charge in [-0.25, -0.2) is 19.2 Å². The summed E-state index contributed by atoms with van der Waals surface area (Å²) < 4.78 is 19.5. The average molecular weight is 478 g/mol. The first-order valence-corrected chi connectivity index (χ1v) is 12.1. The van der Waals surface area contributed by atoms with E-state index in [0.29, 0.717) is 17.2 Å². The molecule has 0 unspecified atom stereocenters. The van der Waals surface area contributed by atoms with Gasteiger partial charge in [-0.2, -0.15) is 0 Å². The molecule has 1 saturated heterocycles. The van der Waals surface area contributed by atoms with Gasteiger partial charge in [0, 0.05) is 55.7 Å². The van der Waals surface area contributed by atoms with Crippen molar-refractivity contribution in [3.63, 3.8) is 0 Å². The fourth-order valence-electron chi connectivity index (χ4n) is 4.13. The van der Waals surface area contributed by atoms with Crippen molar-refractivity contribution in [2.24, 2.45) is 0 Å². The molecule has 7 nitrogen and oxygen atoms in total. The lowest BCUT2D eigenvalue weighted by molar-refractivity contribution is 0.0526. The van der Waals surface area contributed by atoms with Crippen molar-refractivity contribution in [2.75, 3.05) is 49.5 Å². The second-order valence-electron chi connectivity index (χ2n) is 8.59. The number of ether oxygens (including phenoxy) is 1. The molecule has 0 saturated carbocycles. The Morgan fingerprint density at radius 2 is 1.83 bits per heavy atom. The van der Waals surface area contributed by atoms with Crippen LogP contribution in [0.5, 0.6) is 0 Å². The van der Waals surface area contributed by atoms with Gasteiger partial charge in [-0.05, 0) is 56.3 Å². The molecule has 35 heavy (non-hydrogen) atoms. The molecule has 0 atom stereocenters. The molecule has 1 aliphatic rings. The van der Waals surface area contributed by atoms with Crippen molar-refractivity contribution in [3.8, 4) is 11.4 Å². The third kappa shape index (κ3) is 5.95. The molecule has 1 aliphatic heterocycles. The summed E-state index contributed by atoms with van der Waals surface area (Å²) in [7, 11) is 0. The van der Waals surface area contributed by atoms with Gasteiger partial charge in [-0.1, -0.05) is 19.1 Å². The zero-order valence-corrected chi connectivity index (χ0v) is 20.6. The van der Waals surface area contributed by atoms with Gasteiger partial charge < -0.3 is 19.9 Å². The molecule has 2 heterocycles. The fourth-order valence-corrected chi connectivity index (χ4v) is 4.13. The second kappa shape index (κ2) is 11.3. The highest BCUT2D eigenvalue weighted by Gasteiger charge is 2.19. The molecule has 8 heteroatoms. The van der Waals surface area contributed by atoms with Crippen LogP contribution in [0.25, 0.3) is 11.4 Å². The number of piperazine rings is 1. The Morgan fingerprint density at radius 3 is 2.49 bits per heavy atom. The zero-order valence-electron chi connectivity index (χ0n) is 20.6. The normalized spacial score (nSPS) is 14.1. The number of aryl methyl sites for hydroxylation is 1. The number of aromatic nitrogens is 2. The Morgan fingerprint density at radius 1 is 1.09 bits per heavy atom. The Kier molecular flexibility index (Phi) is 7.92. The van der Waals surface area contributed by atoms with Crippen LogP contribution >= 0.6 is 0 Å². The molecule has 0 radical (unpaired) electrons. The van der Waals surface area contributed by atoms with E-state index < -0.39 is 5.97 Å². The van der Waals surface area contributed by atoms with E-state index in [1.807, 2.05) is 25.1 Å². The lowest BCUT2D eigenvalue weighted by atomic mass is 10.1. The number of esters is 1. The van der Waals surface area contributed by atoms with Gasteiger partial charge in [0.1, 0.15) is 17.2 Å². The van der Waals surface area contributed by atoms with Gasteiger partial charge in [-0.3, -0.25) is 0 Å². The van der Waals surface area contributed by atoms with Crippen LogP contribution in [0.4, 0.5) is 15.9 Å². The van der Waals surface area contributed by atoms with Crippen molar-refractivity contribution in [3.05, 3.63) is 71.2 Å². The summed E-state index contributed by atoms with van der Waals surface area (Å²) in [6.07, 6.45) is 1.46. The first-order chi connectivity index (χ1) is 17.0. The van der Waals surface area contributed by atoms with Crippen molar-refractivity contribution >= 4 is 17.5 Å². The average Bonchev–Trinajstić information content (AvgIpc) is 2.88. The number of carbonyl (C=O) groups is 1. The van der Waals surface area contributed by atoms with Crippen molar-refractivity contribution in [2.45, 2.75) is 27.3 Å². The van der Waals surface area contributed by atoms with Crippen molar-refractivity contribution in [1.29, 1.82) is 0 Å². The number of nitrogens with one attached hydrogen (secondary N) is 1. The van der Waals surface area contributed by atoms with Gasteiger partial charge in [0.15, 0.2) is 5.82 Å². The fraction of sp³-hybridized carbons (Fsp3) is 0.370. The number of nitrogens with zero attached hydrogens (tertiary/aromatic N) is 4. The predicted molar refractivity (Wildman–Crippen MR) is 136 cm³/mol. The Bertz CT molecular complexity index is 1160. The minimum atomic E-state index is -0.521. The third-order valence-electron chi connectivity index (χ3n) is 6.25. The highest BCUT2D eigenvalue weighted by atomic mass is 19.1. The molecule has 184 valence electrons. The van der Waals surface area contributed by atoms with Gasteiger partial charge >= 0.3 is 5.97 Å². The molecule has 0 bridgehead atoms. The van der Waals surface area contributed by atoms with E-state index in [4.69, 9.17) is 4.74 Å². The van der Waals surface area contributed by atoms with E-state index in [1.165, 1.54) is 18.0 Å². The van der Waals surface area contributed by atoms with Crippen LogP contribution in [-0.2, 0) is 11.3 Å². The van der Waals surface area contributed by atoms with E-state index in [1.54, 1.807) is 13.0 Å². The van der Waals surface area contributed by atoms with E-state index in [-0.39, 0.29) is 24.5 Å². The number of halogens is 1. The summed E-state index contributed by atoms with van der Waals surface area (Å²) in [5.74, 6) is -0.0345. The topological polar surface area (TPSA) is 70.6 Å². The summed E-state index contributed by atoms with van der Waals surface area (Å²) in [4.78, 5) is 26.3. The molecule has 0 spiro atoms. The number of rotatable bonds is 8. The number of hydrogen-bond acceptors (Lipinski definition) is 7. The molecule has 4 rings (SSSR count). The number of anilines is 2. The molecule has 0 aliphatic carbocycles. The maximum Gasteiger partial charge on any atom is 0.343 e. The van der Waals surface area contributed by atoms with E-state index in [2.05, 4.69) is 44.1 Å². The maximum atomic E-state index is 14.3. The first-order valence-electron chi connectivity index (χ1n) is 12.1. The van der Waals surface area contributed by atoms with Crippen LogP contribution < -0.4 is 10.2 Å². The summed E-state index contributed by atoms with van der Waals surface area (Å²) in [5.41, 5.74) is 3.55. The monoisotopic (exact) mass is 477 g/mol. The summed E-state index contributed by atoms with van der Waals surface area (Å²) in [6, 6.07) is 13.2. The van der Waals surface area contributed by atoms with Crippen LogP contribution in [0, 0.1) is 12.7 Å². The largest absolute Gasteiger partial charge is 0.462 e. The number of likely N-dealkylation sites (N-methyl/N-ethyl adjacent to an activating group) is 1. The van der Waals surface area contributed by atoms with E-state index in [9.17, 15) is 9.18 Å². The van der Waals surface area contributed by atoms with Crippen LogP contribution in [-0.4, -0.2) is 60.2 Å². The molecule has 1 aromatic heterocycles. The lowest BCUT2D eigenvalue weighted by Gasteiger charge is -2.35. The number of hydrogen-bond donors (Lipinski definition) is 1. The minimum Gasteiger partial charge on any atom is -0.462 e. The van der Waals surface area contributed by atoms with Crippen LogP contribution in [0.15, 0.2) is 48.7 Å². The highest BCUT2D eigenvalue weighted by molar-refractivity contribution is 5.94. The van der Waals surface area contributed by atoms with Crippen molar-refractivity contribution in [1.82, 2.24) is 14.9 Å². The van der Waals surface area contributed by atoms with Gasteiger partial charge in [0.2, 0.25) is 0 Å². The SMILES string of the molecule is CCOC(=O)c1cnc(-c2ccc(N3CCN(CC)CC3)cc2)nc1NCc1ccc(C)cc1F. The Labute approximate surface area is 206 Å². The molecule has 1 N–H and O–H groups in total. The number of benzene rings is 2. The molecule has 0 amide bonds. The lowest BCUT2D eigenvalue weighted by Crippen LogP contribution is -2.46. The smallest absolute Gasteiger partial charge is 0.343 e. The quantitative estimate of drug-likeness (QED) is 0.478. The predicted octanol–water partition coefficient (Wildman–Crippen LogP) is 4.52.